The molecular formula is C16H16N4O2S2. The number of aromatic nitrogens is 2. The highest BCUT2D eigenvalue weighted by Crippen LogP contribution is 2.37. The zero-order valence-corrected chi connectivity index (χ0v) is 14.7. The van der Waals surface area contributed by atoms with Crippen molar-refractivity contribution in [1.82, 2.24) is 15.3 Å². The van der Waals surface area contributed by atoms with Crippen molar-refractivity contribution in [2.75, 3.05) is 24.2 Å². The summed E-state index contributed by atoms with van der Waals surface area (Å²) in [6.45, 7) is 1.81. The van der Waals surface area contributed by atoms with Crippen molar-refractivity contribution in [3.8, 4) is 10.6 Å². The average molecular weight is 360 g/mol. The van der Waals surface area contributed by atoms with Crippen LogP contribution in [0.2, 0.25) is 0 Å². The van der Waals surface area contributed by atoms with Crippen LogP contribution in [0.1, 0.15) is 6.42 Å². The number of benzene rings is 1. The van der Waals surface area contributed by atoms with Crippen LogP contribution in [0.4, 0.5) is 6.01 Å². The number of nitrogens with zero attached hydrogens (tertiary/aromatic N) is 3. The number of fused-ring (bicyclic) bond motifs is 3. The zero-order chi connectivity index (χ0) is 16.3. The zero-order valence-electron chi connectivity index (χ0n) is 13.1. The molecule has 0 aliphatic carbocycles. The first-order chi connectivity index (χ1) is 11.7. The van der Waals surface area contributed by atoms with Crippen molar-refractivity contribution in [1.29, 1.82) is 0 Å². The molecule has 2 aromatic heterocycles. The average Bonchev–Trinajstić information content (AvgIpc) is 3.23. The minimum absolute atomic E-state index is 0.525. The molecule has 6 nitrogen and oxygen atoms in total. The summed E-state index contributed by atoms with van der Waals surface area (Å²) in [5.74, 6) is 0. The van der Waals surface area contributed by atoms with Crippen molar-refractivity contribution in [2.45, 2.75) is 23.4 Å². The number of piperidine rings is 1. The maximum absolute atomic E-state index is 12.1. The van der Waals surface area contributed by atoms with Gasteiger partial charge in [0.2, 0.25) is 0 Å². The van der Waals surface area contributed by atoms with E-state index in [-0.39, 0.29) is 0 Å². The lowest BCUT2D eigenvalue weighted by atomic mass is 9.92. The van der Waals surface area contributed by atoms with Gasteiger partial charge in [-0.25, -0.2) is 4.98 Å². The van der Waals surface area contributed by atoms with Crippen LogP contribution in [0.25, 0.3) is 21.7 Å². The number of hydrogen-bond donors (Lipinski definition) is 1. The van der Waals surface area contributed by atoms with Gasteiger partial charge in [0.05, 0.1) is 5.56 Å². The molecule has 0 saturated carbocycles. The number of piperazine rings is 1. The van der Waals surface area contributed by atoms with Gasteiger partial charge in [0.15, 0.2) is 16.0 Å². The summed E-state index contributed by atoms with van der Waals surface area (Å²) >= 11 is 0.440. The van der Waals surface area contributed by atoms with Gasteiger partial charge in [0, 0.05) is 36.8 Å². The summed E-state index contributed by atoms with van der Waals surface area (Å²) in [6, 6.07) is 5.48. The molecule has 24 heavy (non-hydrogen) atoms. The molecule has 5 heterocycles. The van der Waals surface area contributed by atoms with Gasteiger partial charge < -0.3 is 19.2 Å². The molecule has 3 saturated heterocycles. The van der Waals surface area contributed by atoms with Crippen molar-refractivity contribution >= 4 is 39.6 Å². The Morgan fingerprint density at radius 1 is 1.38 bits per heavy atom. The van der Waals surface area contributed by atoms with Gasteiger partial charge in [-0.15, -0.1) is 11.3 Å². The third kappa shape index (κ3) is 2.25. The van der Waals surface area contributed by atoms with Crippen LogP contribution in [0.3, 0.4) is 0 Å². The maximum atomic E-state index is 12.1. The summed E-state index contributed by atoms with van der Waals surface area (Å²) in [7, 11) is 0. The van der Waals surface area contributed by atoms with Crippen LogP contribution in [0.15, 0.2) is 33.0 Å². The molecule has 3 aliphatic rings. The van der Waals surface area contributed by atoms with E-state index < -0.39 is 11.2 Å². The lowest BCUT2D eigenvalue weighted by Crippen LogP contribution is -2.67. The predicted octanol–water partition coefficient (Wildman–Crippen LogP) is 2.24. The summed E-state index contributed by atoms with van der Waals surface area (Å²) in [5, 5.41) is 6.33. The first-order valence-electron chi connectivity index (χ1n) is 7.87. The van der Waals surface area contributed by atoms with Crippen LogP contribution in [0, 0.1) is 0 Å². The topological polar surface area (TPSA) is 77.2 Å². The largest absolute Gasteiger partial charge is 0.612 e. The van der Waals surface area contributed by atoms with Crippen molar-refractivity contribution in [3.05, 3.63) is 23.7 Å². The first kappa shape index (κ1) is 14.7. The number of nitrogens with one attached hydrogen (secondary N) is 1. The fourth-order valence-electron chi connectivity index (χ4n) is 3.53. The van der Waals surface area contributed by atoms with Crippen LogP contribution in [-0.4, -0.2) is 45.9 Å². The third-order valence-corrected chi connectivity index (χ3v) is 6.42. The van der Waals surface area contributed by atoms with E-state index in [2.05, 4.69) is 15.2 Å². The van der Waals surface area contributed by atoms with Crippen LogP contribution >= 0.6 is 11.3 Å². The molecule has 3 atom stereocenters. The second-order valence-electron chi connectivity index (χ2n) is 6.28. The molecule has 3 aliphatic heterocycles. The van der Waals surface area contributed by atoms with Crippen molar-refractivity contribution in [2.24, 2.45) is 0 Å². The van der Waals surface area contributed by atoms with E-state index in [1.807, 2.05) is 17.5 Å². The summed E-state index contributed by atoms with van der Waals surface area (Å²) in [4.78, 5) is 12.0. The number of rotatable bonds is 3. The fourth-order valence-corrected chi connectivity index (χ4v) is 4.86. The summed E-state index contributed by atoms with van der Waals surface area (Å²) in [6.07, 6.45) is 4.68. The lowest BCUT2D eigenvalue weighted by molar-refractivity contribution is 0.220. The predicted molar refractivity (Wildman–Crippen MR) is 95.0 cm³/mol. The van der Waals surface area contributed by atoms with E-state index in [1.165, 1.54) is 6.42 Å². The Balaban J connectivity index is 1.65. The molecule has 1 N–H and O–H groups in total. The maximum Gasteiger partial charge on any atom is 0.298 e. The molecule has 0 spiro atoms. The molecule has 124 valence electrons. The molecule has 8 heteroatoms. The van der Waals surface area contributed by atoms with E-state index in [0.717, 1.165) is 23.7 Å². The quantitative estimate of drug-likeness (QED) is 0.722. The SMILES string of the molecule is C[S+]([O-])c1ccc(-c2nccs2)c2oc(N3CC4CC(C3)N4)nc12. The highest BCUT2D eigenvalue weighted by atomic mass is 32.2. The number of thiazole rings is 1. The molecule has 6 rings (SSSR count). The molecule has 3 fully saturated rings. The van der Waals surface area contributed by atoms with Crippen molar-refractivity contribution in [3.63, 3.8) is 0 Å². The van der Waals surface area contributed by atoms with Gasteiger partial charge in [-0.1, -0.05) is 0 Å². The molecule has 3 unspecified atom stereocenters. The van der Waals surface area contributed by atoms with Gasteiger partial charge in [0.25, 0.3) is 6.01 Å². The number of anilines is 1. The molecule has 0 amide bonds. The fraction of sp³-hybridized carbons (Fsp3) is 0.375. The van der Waals surface area contributed by atoms with E-state index in [9.17, 15) is 4.55 Å². The molecule has 2 bridgehead atoms. The minimum atomic E-state index is -1.12. The van der Waals surface area contributed by atoms with Gasteiger partial charge in [-0.05, 0) is 29.7 Å². The second kappa shape index (κ2) is 5.45. The third-order valence-electron chi connectivity index (χ3n) is 4.66. The van der Waals surface area contributed by atoms with Crippen molar-refractivity contribution < 1.29 is 8.97 Å². The Morgan fingerprint density at radius 3 is 2.83 bits per heavy atom. The lowest BCUT2D eigenvalue weighted by Gasteiger charge is -2.47. The Morgan fingerprint density at radius 2 is 2.17 bits per heavy atom. The van der Waals surface area contributed by atoms with Crippen LogP contribution in [0.5, 0.6) is 0 Å². The Hall–Kier alpha value is -1.61. The number of oxazole rings is 1. The smallest absolute Gasteiger partial charge is 0.298 e. The van der Waals surface area contributed by atoms with E-state index >= 15 is 0 Å². The van der Waals surface area contributed by atoms with Gasteiger partial charge in [0.1, 0.15) is 11.3 Å². The van der Waals surface area contributed by atoms with Crippen LogP contribution in [-0.2, 0) is 11.2 Å². The van der Waals surface area contributed by atoms with Gasteiger partial charge >= 0.3 is 0 Å². The van der Waals surface area contributed by atoms with Crippen LogP contribution < -0.4 is 10.2 Å². The Labute approximate surface area is 146 Å². The standard InChI is InChI=1S/C16H16N4O2S2/c1-24(21)12-3-2-11(15-17-4-5-23-15)14-13(12)19-16(22-14)20-7-9-6-10(8-20)18-9/h2-5,9-10,18H,6-8H2,1H3. The minimum Gasteiger partial charge on any atom is -0.612 e. The van der Waals surface area contributed by atoms with E-state index in [1.54, 1.807) is 23.8 Å². The highest BCUT2D eigenvalue weighted by molar-refractivity contribution is 7.91. The molecule has 3 aromatic rings. The molecule has 1 aromatic carbocycles. The van der Waals surface area contributed by atoms with Gasteiger partial charge in [-0.2, -0.15) is 4.98 Å². The van der Waals surface area contributed by atoms with E-state index in [4.69, 9.17) is 9.40 Å². The first-order valence-corrected chi connectivity index (χ1v) is 10.3. The summed E-state index contributed by atoms with van der Waals surface area (Å²) < 4.78 is 18.2. The van der Waals surface area contributed by atoms with Gasteiger partial charge in [-0.3, -0.25) is 0 Å². The molecular weight excluding hydrogens is 344 g/mol. The Kier molecular flexibility index (Phi) is 3.34. The van der Waals surface area contributed by atoms with E-state index in [0.29, 0.717) is 34.1 Å². The monoisotopic (exact) mass is 360 g/mol. The second-order valence-corrected chi connectivity index (χ2v) is 8.52. The summed E-state index contributed by atoms with van der Waals surface area (Å²) in [5.41, 5.74) is 2.28. The Bertz CT molecular complexity index is 877. The molecule has 0 radical (unpaired) electrons. The number of hydrogen-bond acceptors (Lipinski definition) is 7. The highest BCUT2D eigenvalue weighted by Gasteiger charge is 2.38. The normalized spacial score (nSPS) is 24.2.